The molecule has 0 saturated carbocycles. The van der Waals surface area contributed by atoms with E-state index < -0.39 is 5.54 Å². The molecule has 1 aliphatic rings. The second-order valence-corrected chi connectivity index (χ2v) is 5.62. The molecule has 0 atom stereocenters. The molecule has 0 spiro atoms. The number of hydrogen-bond donors (Lipinski definition) is 1. The Morgan fingerprint density at radius 3 is 2.57 bits per heavy atom. The van der Waals surface area contributed by atoms with Crippen LogP contribution in [0, 0.1) is 6.92 Å². The Bertz CT molecular complexity index is 521. The van der Waals surface area contributed by atoms with E-state index in [1.807, 2.05) is 32.9 Å². The summed E-state index contributed by atoms with van der Waals surface area (Å²) in [6.45, 7) is 6.78. The van der Waals surface area contributed by atoms with Crippen LogP contribution in [0.15, 0.2) is 18.3 Å². The Kier molecular flexibility index (Phi) is 4.60. The third-order valence-electron chi connectivity index (χ3n) is 4.24. The predicted octanol–water partition coefficient (Wildman–Crippen LogP) is 1.80. The van der Waals surface area contributed by atoms with Crippen LogP contribution in [0.5, 0.6) is 0 Å². The maximum atomic E-state index is 12.8. The third-order valence-corrected chi connectivity index (χ3v) is 4.24. The molecule has 2 rings (SSSR count). The molecule has 2 heterocycles. The van der Waals surface area contributed by atoms with Crippen molar-refractivity contribution in [3.8, 4) is 0 Å². The van der Waals surface area contributed by atoms with E-state index in [0.29, 0.717) is 32.4 Å². The van der Waals surface area contributed by atoms with Gasteiger partial charge >= 0.3 is 0 Å². The highest BCUT2D eigenvalue weighted by molar-refractivity contribution is 5.93. The van der Waals surface area contributed by atoms with E-state index in [2.05, 4.69) is 10.3 Å². The molecule has 0 bridgehead atoms. The molecule has 1 saturated heterocycles. The van der Waals surface area contributed by atoms with Crippen LogP contribution in [0.4, 0.5) is 0 Å². The van der Waals surface area contributed by atoms with E-state index in [4.69, 9.17) is 0 Å². The number of aromatic nitrogens is 1. The summed E-state index contributed by atoms with van der Waals surface area (Å²) in [4.78, 5) is 30.8. The largest absolute Gasteiger partial charge is 0.342 e. The molecule has 1 fully saturated rings. The molecular formula is C16H23N3O2. The van der Waals surface area contributed by atoms with E-state index in [9.17, 15) is 9.59 Å². The van der Waals surface area contributed by atoms with Gasteiger partial charge in [0.25, 0.3) is 0 Å². The monoisotopic (exact) mass is 289 g/mol. The van der Waals surface area contributed by atoms with Crippen LogP contribution in [0.3, 0.4) is 0 Å². The normalized spacial score (nSPS) is 18.3. The van der Waals surface area contributed by atoms with Crippen molar-refractivity contribution in [3.63, 3.8) is 0 Å². The van der Waals surface area contributed by atoms with Crippen LogP contribution in [0.2, 0.25) is 0 Å². The van der Waals surface area contributed by atoms with Gasteiger partial charge in [0.2, 0.25) is 11.8 Å². The molecular weight excluding hydrogens is 266 g/mol. The minimum Gasteiger partial charge on any atom is -0.342 e. The van der Waals surface area contributed by atoms with E-state index >= 15 is 0 Å². The topological polar surface area (TPSA) is 62.3 Å². The first-order chi connectivity index (χ1) is 10.0. The predicted molar refractivity (Wildman–Crippen MR) is 80.5 cm³/mol. The van der Waals surface area contributed by atoms with Gasteiger partial charge in [-0.2, -0.15) is 0 Å². The highest BCUT2D eigenvalue weighted by Crippen LogP contribution is 2.23. The molecule has 1 N–H and O–H groups in total. The smallest absolute Gasteiger partial charge is 0.248 e. The first-order valence-corrected chi connectivity index (χ1v) is 7.52. The SMILES string of the molecule is CCC1(CC)NC(=O)CCN(Cc2ccc(C)nc2)C1=O. The number of carbonyl (C=O) groups excluding carboxylic acids is 2. The zero-order valence-electron chi connectivity index (χ0n) is 13.0. The van der Waals surface area contributed by atoms with Gasteiger partial charge in [-0.05, 0) is 31.4 Å². The van der Waals surface area contributed by atoms with Crippen LogP contribution in [-0.4, -0.2) is 33.8 Å². The Morgan fingerprint density at radius 1 is 1.29 bits per heavy atom. The van der Waals surface area contributed by atoms with Gasteiger partial charge in [-0.1, -0.05) is 19.9 Å². The minimum atomic E-state index is -0.758. The van der Waals surface area contributed by atoms with Crippen LogP contribution in [-0.2, 0) is 16.1 Å². The first-order valence-electron chi connectivity index (χ1n) is 7.52. The highest BCUT2D eigenvalue weighted by Gasteiger charge is 2.41. The van der Waals surface area contributed by atoms with Crippen molar-refractivity contribution in [2.75, 3.05) is 6.54 Å². The van der Waals surface area contributed by atoms with Gasteiger partial charge in [-0.25, -0.2) is 0 Å². The van der Waals surface area contributed by atoms with Crippen molar-refractivity contribution in [2.24, 2.45) is 0 Å². The standard InChI is InChI=1S/C16H23N3O2/c1-4-16(5-2)15(21)19(9-8-14(20)18-16)11-13-7-6-12(3)17-10-13/h6-7,10H,4-5,8-9,11H2,1-3H3,(H,18,20). The number of rotatable bonds is 4. The molecule has 0 radical (unpaired) electrons. The molecule has 2 amide bonds. The van der Waals surface area contributed by atoms with Crippen molar-refractivity contribution < 1.29 is 9.59 Å². The molecule has 114 valence electrons. The summed E-state index contributed by atoms with van der Waals surface area (Å²) >= 11 is 0. The summed E-state index contributed by atoms with van der Waals surface area (Å²) in [7, 11) is 0. The molecule has 0 aromatic carbocycles. The Labute approximate surface area is 125 Å². The molecule has 0 aliphatic carbocycles. The van der Waals surface area contributed by atoms with Crippen molar-refractivity contribution in [2.45, 2.75) is 52.1 Å². The lowest BCUT2D eigenvalue weighted by atomic mass is 9.91. The summed E-state index contributed by atoms with van der Waals surface area (Å²) in [6, 6.07) is 3.92. The Morgan fingerprint density at radius 2 is 2.00 bits per heavy atom. The van der Waals surface area contributed by atoms with Gasteiger partial charge in [0.05, 0.1) is 0 Å². The zero-order valence-corrected chi connectivity index (χ0v) is 13.0. The maximum absolute atomic E-state index is 12.8. The lowest BCUT2D eigenvalue weighted by molar-refractivity contribution is -0.139. The van der Waals surface area contributed by atoms with Gasteiger partial charge in [-0.15, -0.1) is 0 Å². The van der Waals surface area contributed by atoms with Crippen molar-refractivity contribution in [1.82, 2.24) is 15.2 Å². The van der Waals surface area contributed by atoms with Crippen LogP contribution < -0.4 is 5.32 Å². The minimum absolute atomic E-state index is 0.0129. The fourth-order valence-electron chi connectivity index (χ4n) is 2.72. The van der Waals surface area contributed by atoms with Gasteiger partial charge in [0.1, 0.15) is 5.54 Å². The van der Waals surface area contributed by atoms with E-state index in [0.717, 1.165) is 11.3 Å². The Hall–Kier alpha value is -1.91. The molecule has 1 aromatic rings. The first kappa shape index (κ1) is 15.5. The van der Waals surface area contributed by atoms with Crippen LogP contribution in [0.1, 0.15) is 44.4 Å². The summed E-state index contributed by atoms with van der Waals surface area (Å²) in [5.74, 6) is -0.0319. The highest BCUT2D eigenvalue weighted by atomic mass is 16.2. The third kappa shape index (κ3) is 3.23. The van der Waals surface area contributed by atoms with E-state index in [1.54, 1.807) is 11.1 Å². The lowest BCUT2D eigenvalue weighted by Crippen LogP contribution is -2.56. The van der Waals surface area contributed by atoms with E-state index in [-0.39, 0.29) is 11.8 Å². The summed E-state index contributed by atoms with van der Waals surface area (Å²) in [5, 5.41) is 2.92. The Balaban J connectivity index is 2.23. The molecule has 1 aliphatic heterocycles. The summed E-state index contributed by atoms with van der Waals surface area (Å²) in [6.07, 6.45) is 3.36. The summed E-state index contributed by atoms with van der Waals surface area (Å²) < 4.78 is 0. The number of hydrogen-bond acceptors (Lipinski definition) is 3. The zero-order chi connectivity index (χ0) is 15.5. The van der Waals surface area contributed by atoms with Crippen LogP contribution >= 0.6 is 0 Å². The fourth-order valence-corrected chi connectivity index (χ4v) is 2.72. The molecule has 0 unspecified atom stereocenters. The van der Waals surface area contributed by atoms with Crippen molar-refractivity contribution in [1.29, 1.82) is 0 Å². The van der Waals surface area contributed by atoms with Crippen LogP contribution in [0.25, 0.3) is 0 Å². The average Bonchev–Trinajstić information content (AvgIpc) is 2.61. The quantitative estimate of drug-likeness (QED) is 0.919. The maximum Gasteiger partial charge on any atom is 0.248 e. The van der Waals surface area contributed by atoms with Gasteiger partial charge in [-0.3, -0.25) is 14.6 Å². The van der Waals surface area contributed by atoms with E-state index in [1.165, 1.54) is 0 Å². The second kappa shape index (κ2) is 6.24. The average molecular weight is 289 g/mol. The lowest BCUT2D eigenvalue weighted by Gasteiger charge is -2.33. The molecule has 5 heteroatoms. The number of nitrogens with one attached hydrogen (secondary N) is 1. The number of nitrogens with zero attached hydrogens (tertiary/aromatic N) is 2. The van der Waals surface area contributed by atoms with Gasteiger partial charge < -0.3 is 10.2 Å². The number of pyridine rings is 1. The molecule has 21 heavy (non-hydrogen) atoms. The molecule has 1 aromatic heterocycles. The fraction of sp³-hybridized carbons (Fsp3) is 0.562. The van der Waals surface area contributed by atoms with Crippen molar-refractivity contribution in [3.05, 3.63) is 29.6 Å². The van der Waals surface area contributed by atoms with Crippen molar-refractivity contribution >= 4 is 11.8 Å². The van der Waals surface area contributed by atoms with Gasteiger partial charge in [0.15, 0.2) is 0 Å². The number of carbonyl (C=O) groups is 2. The van der Waals surface area contributed by atoms with Gasteiger partial charge in [0, 0.05) is 31.4 Å². The number of amides is 2. The number of aryl methyl sites for hydroxylation is 1. The summed E-state index contributed by atoms with van der Waals surface area (Å²) in [5.41, 5.74) is 1.18. The molecule has 5 nitrogen and oxygen atoms in total. The second-order valence-electron chi connectivity index (χ2n) is 5.62.